The first-order chi connectivity index (χ1) is 7.89. The van der Waals surface area contributed by atoms with E-state index in [9.17, 15) is 5.11 Å². The van der Waals surface area contributed by atoms with Crippen LogP contribution in [0.25, 0.3) is 0 Å². The predicted octanol–water partition coefficient (Wildman–Crippen LogP) is 3.23. The Morgan fingerprint density at radius 3 is 2.12 bits per heavy atom. The Morgan fingerprint density at radius 2 is 1.59 bits per heavy atom. The molecule has 1 saturated carbocycles. The molecule has 1 aliphatic carbocycles. The molecule has 1 fully saturated rings. The van der Waals surface area contributed by atoms with E-state index in [2.05, 4.69) is 13.8 Å². The van der Waals surface area contributed by atoms with Crippen molar-refractivity contribution in [1.82, 2.24) is 0 Å². The van der Waals surface area contributed by atoms with Gasteiger partial charge in [-0.2, -0.15) is 0 Å². The highest BCUT2D eigenvalue weighted by Gasteiger charge is 2.35. The predicted molar refractivity (Wildman–Crippen MR) is 71.0 cm³/mol. The summed E-state index contributed by atoms with van der Waals surface area (Å²) in [6, 6.07) is 7.43. The summed E-state index contributed by atoms with van der Waals surface area (Å²) in [5.41, 5.74) is 8.12. The summed E-state index contributed by atoms with van der Waals surface area (Å²) in [5, 5.41) is 9.26. The fourth-order valence-corrected chi connectivity index (χ4v) is 2.62. The van der Waals surface area contributed by atoms with Crippen molar-refractivity contribution in [2.24, 2.45) is 11.1 Å². The lowest BCUT2D eigenvalue weighted by Gasteiger charge is -2.41. The molecule has 1 aliphatic rings. The highest BCUT2D eigenvalue weighted by molar-refractivity contribution is 5.27. The molecule has 0 saturated heterocycles. The number of nitrogens with two attached hydrogens (primary N) is 1. The monoisotopic (exact) mass is 233 g/mol. The van der Waals surface area contributed by atoms with Crippen molar-refractivity contribution in [2.75, 3.05) is 0 Å². The van der Waals surface area contributed by atoms with Gasteiger partial charge in [0, 0.05) is 5.54 Å². The first kappa shape index (κ1) is 12.4. The minimum absolute atomic E-state index is 0.0491. The van der Waals surface area contributed by atoms with Gasteiger partial charge in [0.25, 0.3) is 0 Å². The molecule has 0 bridgehead atoms. The van der Waals surface area contributed by atoms with Gasteiger partial charge >= 0.3 is 0 Å². The summed E-state index contributed by atoms with van der Waals surface area (Å²) in [6.45, 7) is 4.65. The van der Waals surface area contributed by atoms with Gasteiger partial charge < -0.3 is 10.8 Å². The smallest absolute Gasteiger partial charge is 0.115 e. The van der Waals surface area contributed by atoms with Gasteiger partial charge in [0.2, 0.25) is 0 Å². The van der Waals surface area contributed by atoms with Crippen molar-refractivity contribution < 1.29 is 5.11 Å². The van der Waals surface area contributed by atoms with Crippen LogP contribution in [0.3, 0.4) is 0 Å². The second-order valence-corrected chi connectivity index (χ2v) is 6.37. The molecule has 3 N–H and O–H groups in total. The van der Waals surface area contributed by atoms with Gasteiger partial charge in [0.05, 0.1) is 0 Å². The summed E-state index contributed by atoms with van der Waals surface area (Å²) in [6.07, 6.45) is 5.54. The van der Waals surface area contributed by atoms with Crippen molar-refractivity contribution in [1.29, 1.82) is 0 Å². The first-order valence-electron chi connectivity index (χ1n) is 6.45. The molecule has 2 rings (SSSR count). The summed E-state index contributed by atoms with van der Waals surface area (Å²) >= 11 is 0. The van der Waals surface area contributed by atoms with Crippen LogP contribution in [0.4, 0.5) is 0 Å². The lowest BCUT2D eigenvalue weighted by Crippen LogP contribution is -2.46. The van der Waals surface area contributed by atoms with Crippen molar-refractivity contribution in [3.63, 3.8) is 0 Å². The Labute approximate surface area is 104 Å². The third-order valence-corrected chi connectivity index (χ3v) is 4.09. The normalized spacial score (nSPS) is 22.3. The van der Waals surface area contributed by atoms with Gasteiger partial charge in [-0.1, -0.05) is 26.0 Å². The summed E-state index contributed by atoms with van der Waals surface area (Å²) in [4.78, 5) is 0. The number of phenols is 1. The average molecular weight is 233 g/mol. The van der Waals surface area contributed by atoms with Crippen LogP contribution in [0.15, 0.2) is 24.3 Å². The van der Waals surface area contributed by atoms with E-state index in [1.54, 1.807) is 12.1 Å². The molecular weight excluding hydrogens is 210 g/mol. The molecule has 0 spiro atoms. The third kappa shape index (κ3) is 3.22. The highest BCUT2D eigenvalue weighted by atomic mass is 16.3. The van der Waals surface area contributed by atoms with Crippen LogP contribution < -0.4 is 5.73 Å². The molecule has 1 aromatic rings. The fraction of sp³-hybridized carbons (Fsp3) is 0.600. The average Bonchev–Trinajstić information content (AvgIpc) is 2.27. The van der Waals surface area contributed by atoms with Crippen LogP contribution in [-0.4, -0.2) is 10.6 Å². The Balaban J connectivity index is 2.01. The molecule has 2 nitrogen and oxygen atoms in total. The van der Waals surface area contributed by atoms with E-state index in [-0.39, 0.29) is 5.54 Å². The lowest BCUT2D eigenvalue weighted by molar-refractivity contribution is 0.164. The number of aromatic hydroxyl groups is 1. The van der Waals surface area contributed by atoms with Gasteiger partial charge in [-0.05, 0) is 55.2 Å². The molecule has 0 unspecified atom stereocenters. The third-order valence-electron chi connectivity index (χ3n) is 4.09. The fourth-order valence-electron chi connectivity index (χ4n) is 2.62. The van der Waals surface area contributed by atoms with E-state index in [0.29, 0.717) is 11.2 Å². The van der Waals surface area contributed by atoms with Crippen LogP contribution in [0.5, 0.6) is 5.75 Å². The zero-order valence-electron chi connectivity index (χ0n) is 10.9. The van der Waals surface area contributed by atoms with E-state index in [1.165, 1.54) is 18.4 Å². The largest absolute Gasteiger partial charge is 0.508 e. The van der Waals surface area contributed by atoms with Crippen molar-refractivity contribution in [2.45, 2.75) is 51.5 Å². The molecule has 17 heavy (non-hydrogen) atoms. The number of hydrogen-bond donors (Lipinski definition) is 2. The van der Waals surface area contributed by atoms with Gasteiger partial charge in [0.15, 0.2) is 0 Å². The number of hydrogen-bond acceptors (Lipinski definition) is 2. The quantitative estimate of drug-likeness (QED) is 0.823. The zero-order valence-corrected chi connectivity index (χ0v) is 10.9. The second-order valence-electron chi connectivity index (χ2n) is 6.37. The van der Waals surface area contributed by atoms with Gasteiger partial charge in [-0.25, -0.2) is 0 Å². The highest BCUT2D eigenvalue weighted by Crippen LogP contribution is 2.40. The van der Waals surface area contributed by atoms with Gasteiger partial charge in [0.1, 0.15) is 5.75 Å². The van der Waals surface area contributed by atoms with E-state index in [4.69, 9.17) is 5.73 Å². The number of phenolic OH excluding ortho intramolecular Hbond substituents is 1. The van der Waals surface area contributed by atoms with E-state index < -0.39 is 0 Å². The topological polar surface area (TPSA) is 46.2 Å². The number of rotatable bonds is 2. The minimum atomic E-state index is -0.0491. The standard InChI is InChI=1S/C15H23NO/c1-14(2)7-9-15(16,10-8-14)11-12-3-5-13(17)6-4-12/h3-6,17H,7-11,16H2,1-2H3. The number of benzene rings is 1. The van der Waals surface area contributed by atoms with Gasteiger partial charge in [-0.15, -0.1) is 0 Å². The Hall–Kier alpha value is -1.02. The van der Waals surface area contributed by atoms with Crippen molar-refractivity contribution >= 4 is 0 Å². The Kier molecular flexibility index (Phi) is 3.17. The van der Waals surface area contributed by atoms with Crippen LogP contribution in [0.2, 0.25) is 0 Å². The maximum atomic E-state index is 9.26. The van der Waals surface area contributed by atoms with E-state index in [1.807, 2.05) is 12.1 Å². The van der Waals surface area contributed by atoms with Crippen LogP contribution in [0.1, 0.15) is 45.1 Å². The minimum Gasteiger partial charge on any atom is -0.508 e. The maximum Gasteiger partial charge on any atom is 0.115 e. The molecule has 0 heterocycles. The van der Waals surface area contributed by atoms with E-state index >= 15 is 0 Å². The van der Waals surface area contributed by atoms with E-state index in [0.717, 1.165) is 19.3 Å². The molecule has 1 aromatic carbocycles. The summed E-state index contributed by atoms with van der Waals surface area (Å²) < 4.78 is 0. The molecule has 0 atom stereocenters. The lowest BCUT2D eigenvalue weighted by atomic mass is 9.68. The molecule has 0 amide bonds. The van der Waals surface area contributed by atoms with Crippen molar-refractivity contribution in [3.8, 4) is 5.75 Å². The summed E-state index contributed by atoms with van der Waals surface area (Å²) in [7, 11) is 0. The Morgan fingerprint density at radius 1 is 1.06 bits per heavy atom. The molecule has 0 aliphatic heterocycles. The summed E-state index contributed by atoms with van der Waals surface area (Å²) in [5.74, 6) is 0.324. The second kappa shape index (κ2) is 4.34. The molecule has 94 valence electrons. The molecule has 2 heteroatoms. The van der Waals surface area contributed by atoms with Crippen molar-refractivity contribution in [3.05, 3.63) is 29.8 Å². The SMILES string of the molecule is CC1(C)CCC(N)(Cc2ccc(O)cc2)CC1. The molecule has 0 aromatic heterocycles. The van der Waals surface area contributed by atoms with Crippen LogP contribution >= 0.6 is 0 Å². The first-order valence-corrected chi connectivity index (χ1v) is 6.45. The Bertz CT molecular complexity index is 370. The molecular formula is C15H23NO. The zero-order chi connectivity index (χ0) is 12.5. The van der Waals surface area contributed by atoms with Crippen LogP contribution in [-0.2, 0) is 6.42 Å². The van der Waals surface area contributed by atoms with Gasteiger partial charge in [-0.3, -0.25) is 0 Å². The maximum absolute atomic E-state index is 9.26. The molecule has 0 radical (unpaired) electrons. The van der Waals surface area contributed by atoms with Crippen LogP contribution in [0, 0.1) is 5.41 Å².